The number of hydrogen-bond acceptors (Lipinski definition) is 1. The van der Waals surface area contributed by atoms with E-state index in [-0.39, 0.29) is 10.8 Å². The first-order valence-electron chi connectivity index (χ1n) is 9.42. The Morgan fingerprint density at radius 2 is 1.24 bits per heavy atom. The zero-order valence-corrected chi connectivity index (χ0v) is 14.2. The molecule has 6 bridgehead atoms. The third-order valence-electron chi connectivity index (χ3n) is 8.48. The lowest BCUT2D eigenvalue weighted by Gasteiger charge is -2.49. The van der Waals surface area contributed by atoms with Gasteiger partial charge >= 0.3 is 0 Å². The third kappa shape index (κ3) is 2.05. The van der Waals surface area contributed by atoms with E-state index in [1.165, 1.54) is 30.1 Å². The standard InChI is InChI=1S/C10H16O.C10H16/c1-9(2)7-4-5-10(9,3)8(11)6-7;1-7-2-9-4-8(1)5-10(3-7)6-9/h7H,4-6H2,1-3H3;7-10H,1-6H2. The summed E-state index contributed by atoms with van der Waals surface area (Å²) in [5.41, 5.74) is 0.307. The van der Waals surface area contributed by atoms with E-state index in [0.29, 0.717) is 11.7 Å². The molecule has 118 valence electrons. The summed E-state index contributed by atoms with van der Waals surface area (Å²) in [5.74, 6) is 5.90. The fraction of sp³-hybridized carbons (Fsp3) is 0.950. The molecule has 0 aliphatic heterocycles. The predicted octanol–water partition coefficient (Wildman–Crippen LogP) is 5.23. The predicted molar refractivity (Wildman–Crippen MR) is 85.9 cm³/mol. The molecule has 0 saturated heterocycles. The van der Waals surface area contributed by atoms with Gasteiger partial charge in [-0.2, -0.15) is 0 Å². The number of rotatable bonds is 0. The smallest absolute Gasteiger partial charge is 0.139 e. The first-order chi connectivity index (χ1) is 9.88. The van der Waals surface area contributed by atoms with E-state index in [1.54, 1.807) is 38.5 Å². The van der Waals surface area contributed by atoms with Gasteiger partial charge in [0.25, 0.3) is 0 Å². The second-order valence-corrected chi connectivity index (χ2v) is 9.80. The summed E-state index contributed by atoms with van der Waals surface area (Å²) in [6, 6.07) is 0. The van der Waals surface area contributed by atoms with Gasteiger partial charge in [0.1, 0.15) is 5.78 Å². The Balaban J connectivity index is 0.000000110. The van der Waals surface area contributed by atoms with Crippen LogP contribution >= 0.6 is 0 Å². The van der Waals surface area contributed by atoms with Crippen molar-refractivity contribution in [2.45, 2.75) is 78.6 Å². The van der Waals surface area contributed by atoms with Crippen LogP contribution in [0.1, 0.15) is 78.6 Å². The lowest BCUT2D eigenvalue weighted by molar-refractivity contribution is -0.128. The number of carbonyl (C=O) groups is 1. The number of ketones is 1. The molecule has 0 aromatic heterocycles. The summed E-state index contributed by atoms with van der Waals surface area (Å²) in [6.45, 7) is 6.67. The van der Waals surface area contributed by atoms with Crippen LogP contribution in [0.15, 0.2) is 0 Å². The van der Waals surface area contributed by atoms with Crippen LogP contribution in [-0.4, -0.2) is 5.78 Å². The van der Waals surface area contributed by atoms with E-state index >= 15 is 0 Å². The van der Waals surface area contributed by atoms with Crippen molar-refractivity contribution >= 4 is 5.78 Å². The molecule has 6 rings (SSSR count). The topological polar surface area (TPSA) is 17.1 Å². The number of Topliss-reactive ketones (excluding diaryl/α,β-unsaturated/α-hetero) is 1. The monoisotopic (exact) mass is 288 g/mol. The summed E-state index contributed by atoms with van der Waals surface area (Å²) in [5, 5.41) is 0. The molecule has 0 aromatic rings. The second kappa shape index (κ2) is 4.59. The Morgan fingerprint density at radius 3 is 1.43 bits per heavy atom. The van der Waals surface area contributed by atoms with Gasteiger partial charge in [0.15, 0.2) is 0 Å². The molecular formula is C20H32O. The van der Waals surface area contributed by atoms with Crippen LogP contribution in [0.5, 0.6) is 0 Å². The van der Waals surface area contributed by atoms with E-state index in [2.05, 4.69) is 20.8 Å². The molecule has 0 N–H and O–H groups in total. The Morgan fingerprint density at radius 1 is 0.810 bits per heavy atom. The van der Waals surface area contributed by atoms with Crippen LogP contribution in [0.4, 0.5) is 0 Å². The van der Waals surface area contributed by atoms with Crippen LogP contribution in [0.25, 0.3) is 0 Å². The Bertz CT molecular complexity index is 392. The summed E-state index contributed by atoms with van der Waals surface area (Å²) in [4.78, 5) is 11.6. The van der Waals surface area contributed by atoms with Gasteiger partial charge < -0.3 is 0 Å². The van der Waals surface area contributed by atoms with Crippen molar-refractivity contribution in [2.75, 3.05) is 0 Å². The molecule has 0 aromatic carbocycles. The van der Waals surface area contributed by atoms with E-state index in [1.807, 2.05) is 0 Å². The molecule has 6 aliphatic carbocycles. The first-order valence-corrected chi connectivity index (χ1v) is 9.42. The van der Waals surface area contributed by atoms with Crippen molar-refractivity contribution in [3.63, 3.8) is 0 Å². The average Bonchev–Trinajstić information content (AvgIpc) is 2.71. The van der Waals surface area contributed by atoms with Crippen molar-refractivity contribution < 1.29 is 4.79 Å². The van der Waals surface area contributed by atoms with Crippen molar-refractivity contribution in [1.82, 2.24) is 0 Å². The summed E-state index contributed by atoms with van der Waals surface area (Å²) in [7, 11) is 0. The summed E-state index contributed by atoms with van der Waals surface area (Å²) in [6.07, 6.45) is 12.9. The van der Waals surface area contributed by atoms with E-state index < -0.39 is 0 Å². The molecule has 21 heavy (non-hydrogen) atoms. The SMILES string of the molecule is C1C2CC3CC1CC(C2)C3.CC12CCC(CC1=O)C2(C)C. The molecule has 0 amide bonds. The van der Waals surface area contributed by atoms with E-state index in [4.69, 9.17) is 0 Å². The zero-order valence-electron chi connectivity index (χ0n) is 14.2. The van der Waals surface area contributed by atoms with Gasteiger partial charge in [0.05, 0.1) is 0 Å². The molecule has 1 heteroatoms. The quantitative estimate of drug-likeness (QED) is 0.596. The molecule has 2 atom stereocenters. The minimum absolute atomic E-state index is 0.0255. The second-order valence-electron chi connectivity index (χ2n) is 9.80. The Hall–Kier alpha value is -0.330. The minimum atomic E-state index is 0.0255. The third-order valence-corrected chi connectivity index (χ3v) is 8.48. The van der Waals surface area contributed by atoms with Crippen LogP contribution in [-0.2, 0) is 4.79 Å². The fourth-order valence-electron chi connectivity index (χ4n) is 6.88. The van der Waals surface area contributed by atoms with Crippen LogP contribution in [0.3, 0.4) is 0 Å². The maximum atomic E-state index is 11.6. The highest BCUT2D eigenvalue weighted by molar-refractivity contribution is 5.89. The zero-order chi connectivity index (χ0) is 14.8. The largest absolute Gasteiger partial charge is 0.299 e. The lowest BCUT2D eigenvalue weighted by Crippen LogP contribution is -2.38. The molecule has 0 heterocycles. The van der Waals surface area contributed by atoms with Gasteiger partial charge in [-0.3, -0.25) is 4.79 Å². The van der Waals surface area contributed by atoms with Gasteiger partial charge in [-0.15, -0.1) is 0 Å². The van der Waals surface area contributed by atoms with Crippen molar-refractivity contribution in [2.24, 2.45) is 40.4 Å². The van der Waals surface area contributed by atoms with E-state index in [9.17, 15) is 4.79 Å². The highest BCUT2D eigenvalue weighted by atomic mass is 16.1. The normalized spacial score (nSPS) is 52.0. The fourth-order valence-corrected chi connectivity index (χ4v) is 6.88. The highest BCUT2D eigenvalue weighted by Crippen LogP contribution is 2.63. The minimum Gasteiger partial charge on any atom is -0.299 e. The van der Waals surface area contributed by atoms with Crippen molar-refractivity contribution in [1.29, 1.82) is 0 Å². The van der Waals surface area contributed by atoms with Gasteiger partial charge in [-0.05, 0) is 86.4 Å². The van der Waals surface area contributed by atoms with Gasteiger partial charge in [-0.25, -0.2) is 0 Å². The molecule has 6 saturated carbocycles. The Kier molecular flexibility index (Phi) is 3.12. The number of carbonyl (C=O) groups excluding carboxylic acids is 1. The maximum absolute atomic E-state index is 11.6. The van der Waals surface area contributed by atoms with Crippen LogP contribution in [0.2, 0.25) is 0 Å². The molecule has 2 unspecified atom stereocenters. The van der Waals surface area contributed by atoms with Crippen LogP contribution < -0.4 is 0 Å². The van der Waals surface area contributed by atoms with Crippen molar-refractivity contribution in [3.05, 3.63) is 0 Å². The van der Waals surface area contributed by atoms with Gasteiger partial charge in [0, 0.05) is 11.8 Å². The first kappa shape index (κ1) is 14.3. The van der Waals surface area contributed by atoms with Crippen LogP contribution in [0, 0.1) is 40.4 Å². The number of fused-ring (bicyclic) bond motifs is 2. The summed E-state index contributed by atoms with van der Waals surface area (Å²) >= 11 is 0. The molecule has 6 aliphatic rings. The van der Waals surface area contributed by atoms with Crippen molar-refractivity contribution in [3.8, 4) is 0 Å². The Labute approximate surface area is 130 Å². The molecule has 0 radical (unpaired) electrons. The maximum Gasteiger partial charge on any atom is 0.139 e. The van der Waals surface area contributed by atoms with Gasteiger partial charge in [0.2, 0.25) is 0 Å². The summed E-state index contributed by atoms with van der Waals surface area (Å²) < 4.78 is 0. The number of hydrogen-bond donors (Lipinski definition) is 0. The lowest BCUT2D eigenvalue weighted by atomic mass is 9.56. The highest BCUT2D eigenvalue weighted by Gasteiger charge is 2.61. The average molecular weight is 288 g/mol. The van der Waals surface area contributed by atoms with E-state index in [0.717, 1.165) is 12.8 Å². The molecular weight excluding hydrogens is 256 g/mol. The van der Waals surface area contributed by atoms with Gasteiger partial charge in [-0.1, -0.05) is 20.8 Å². The molecule has 6 fully saturated rings. The molecule has 0 spiro atoms. The molecule has 1 nitrogen and oxygen atoms in total.